The maximum Gasteiger partial charge on any atom is 0.247 e. The highest BCUT2D eigenvalue weighted by Gasteiger charge is 2.32. The Morgan fingerprint density at radius 1 is 0.909 bits per heavy atom. The van der Waals surface area contributed by atoms with E-state index in [-0.39, 0.29) is 36.2 Å². The van der Waals surface area contributed by atoms with Gasteiger partial charge in [-0.1, -0.05) is 54.6 Å². The smallest absolute Gasteiger partial charge is 0.247 e. The van der Waals surface area contributed by atoms with Crippen LogP contribution in [0.1, 0.15) is 47.8 Å². The molecular formula is C34H37N3O6S. The lowest BCUT2D eigenvalue weighted by atomic mass is 10.0. The molecule has 2 heterocycles. The topological polar surface area (TPSA) is 109 Å². The Bertz CT molecular complexity index is 1620. The van der Waals surface area contributed by atoms with Crippen LogP contribution in [0.5, 0.6) is 5.75 Å². The molecule has 1 aromatic heterocycles. The summed E-state index contributed by atoms with van der Waals surface area (Å²) >= 11 is 0. The standard InChI is InChI=1S/C34H37N3O6S/c1-42-29-16-11-27(12-17-29)25-37(33(28-8-3-2-4-9-28)34(39)35-24-30-10-7-23-43-30)32(38)20-15-26-13-18-31(19-14-26)44(40,41)36-21-5-6-22-36/h2-4,7-14,16-19,23,33H,5-6,15,20-22,24-25H2,1H3,(H,35,39). The Morgan fingerprint density at radius 2 is 1.59 bits per heavy atom. The number of aryl methyl sites for hydroxylation is 1. The van der Waals surface area contributed by atoms with Crippen LogP contribution in [-0.2, 0) is 39.1 Å². The van der Waals surface area contributed by atoms with Crippen LogP contribution < -0.4 is 10.1 Å². The van der Waals surface area contributed by atoms with E-state index in [0.717, 1.165) is 24.0 Å². The predicted molar refractivity (Wildman–Crippen MR) is 166 cm³/mol. The number of methoxy groups -OCH3 is 1. The number of carbonyl (C=O) groups is 2. The molecule has 0 radical (unpaired) electrons. The molecule has 0 saturated carbocycles. The van der Waals surface area contributed by atoms with Crippen molar-refractivity contribution in [2.75, 3.05) is 20.2 Å². The van der Waals surface area contributed by atoms with Gasteiger partial charge in [0, 0.05) is 26.1 Å². The first kappa shape index (κ1) is 31.0. The van der Waals surface area contributed by atoms with E-state index in [2.05, 4.69) is 5.32 Å². The quantitative estimate of drug-likeness (QED) is 0.224. The first-order valence-corrected chi connectivity index (χ1v) is 16.2. The van der Waals surface area contributed by atoms with Crippen LogP contribution in [0.3, 0.4) is 0 Å². The third-order valence-electron chi connectivity index (χ3n) is 7.78. The summed E-state index contributed by atoms with van der Waals surface area (Å²) in [4.78, 5) is 29.6. The number of sulfonamides is 1. The van der Waals surface area contributed by atoms with Gasteiger partial charge in [0.25, 0.3) is 0 Å². The van der Waals surface area contributed by atoms with E-state index < -0.39 is 16.1 Å². The van der Waals surface area contributed by atoms with Crippen LogP contribution >= 0.6 is 0 Å². The number of carbonyl (C=O) groups excluding carboxylic acids is 2. The molecule has 2 amide bonds. The van der Waals surface area contributed by atoms with E-state index in [1.807, 2.05) is 54.6 Å². The maximum atomic E-state index is 14.0. The van der Waals surface area contributed by atoms with E-state index in [1.165, 1.54) is 4.31 Å². The van der Waals surface area contributed by atoms with Gasteiger partial charge in [-0.15, -0.1) is 0 Å². The van der Waals surface area contributed by atoms with E-state index in [9.17, 15) is 18.0 Å². The molecule has 230 valence electrons. The number of nitrogens with one attached hydrogen (secondary N) is 1. The molecule has 9 nitrogen and oxygen atoms in total. The van der Waals surface area contributed by atoms with E-state index in [4.69, 9.17) is 9.15 Å². The second-order valence-electron chi connectivity index (χ2n) is 10.7. The summed E-state index contributed by atoms with van der Waals surface area (Å²) in [6.45, 7) is 1.47. The minimum absolute atomic E-state index is 0.128. The van der Waals surface area contributed by atoms with Crippen molar-refractivity contribution in [1.29, 1.82) is 0 Å². The minimum Gasteiger partial charge on any atom is -0.497 e. The van der Waals surface area contributed by atoms with Crippen LogP contribution in [0, 0.1) is 0 Å². The fourth-order valence-electron chi connectivity index (χ4n) is 5.34. The first-order valence-electron chi connectivity index (χ1n) is 14.7. The van der Waals surface area contributed by atoms with Crippen LogP contribution in [0.4, 0.5) is 0 Å². The van der Waals surface area contributed by atoms with E-state index in [0.29, 0.717) is 36.6 Å². The van der Waals surface area contributed by atoms with Crippen LogP contribution in [0.2, 0.25) is 0 Å². The Balaban J connectivity index is 1.37. The summed E-state index contributed by atoms with van der Waals surface area (Å²) in [7, 11) is -1.92. The van der Waals surface area contributed by atoms with Crippen molar-refractivity contribution >= 4 is 21.8 Å². The minimum atomic E-state index is -3.52. The summed E-state index contributed by atoms with van der Waals surface area (Å²) in [6, 6.07) is 26.0. The Hall–Kier alpha value is -4.41. The molecule has 10 heteroatoms. The number of benzene rings is 3. The number of nitrogens with zero attached hydrogens (tertiary/aromatic N) is 2. The van der Waals surface area contributed by atoms with Crippen molar-refractivity contribution < 1.29 is 27.2 Å². The monoisotopic (exact) mass is 615 g/mol. The SMILES string of the molecule is COc1ccc(CN(C(=O)CCc2ccc(S(=O)(=O)N3CCCC3)cc2)C(C(=O)NCc2ccco2)c2ccccc2)cc1. The van der Waals surface area contributed by atoms with Gasteiger partial charge in [0.1, 0.15) is 17.6 Å². The maximum absolute atomic E-state index is 14.0. The van der Waals surface area contributed by atoms with Crippen LogP contribution in [-0.4, -0.2) is 49.6 Å². The molecule has 0 spiro atoms. The summed E-state index contributed by atoms with van der Waals surface area (Å²) < 4.78 is 38.1. The number of hydrogen-bond donors (Lipinski definition) is 1. The van der Waals surface area contributed by atoms with Gasteiger partial charge < -0.3 is 19.4 Å². The first-order chi connectivity index (χ1) is 21.3. The zero-order valence-corrected chi connectivity index (χ0v) is 25.5. The number of hydrogen-bond acceptors (Lipinski definition) is 6. The summed E-state index contributed by atoms with van der Waals surface area (Å²) in [6.07, 6.45) is 3.80. The largest absolute Gasteiger partial charge is 0.497 e. The molecule has 1 saturated heterocycles. The van der Waals surface area contributed by atoms with Gasteiger partial charge in [-0.05, 0) is 72.4 Å². The Morgan fingerprint density at radius 3 is 2.23 bits per heavy atom. The molecule has 5 rings (SSSR count). The number of furan rings is 1. The molecule has 44 heavy (non-hydrogen) atoms. The number of ether oxygens (including phenoxy) is 1. The molecule has 1 fully saturated rings. The Kier molecular flexibility index (Phi) is 10.1. The molecule has 1 unspecified atom stereocenters. The average molecular weight is 616 g/mol. The van der Waals surface area contributed by atoms with Gasteiger partial charge in [-0.2, -0.15) is 4.31 Å². The highest BCUT2D eigenvalue weighted by Crippen LogP contribution is 2.27. The second-order valence-corrected chi connectivity index (χ2v) is 12.7. The van der Waals surface area contributed by atoms with E-state index >= 15 is 0 Å². The van der Waals surface area contributed by atoms with Crippen molar-refractivity contribution in [3.63, 3.8) is 0 Å². The highest BCUT2D eigenvalue weighted by atomic mass is 32.2. The zero-order chi connectivity index (χ0) is 30.9. The normalized spacial score (nSPS) is 14.2. The van der Waals surface area contributed by atoms with Crippen molar-refractivity contribution in [3.05, 3.63) is 120 Å². The van der Waals surface area contributed by atoms with Crippen LogP contribution in [0.15, 0.2) is 107 Å². The summed E-state index contributed by atoms with van der Waals surface area (Å²) in [5, 5.41) is 2.93. The Labute approximate surface area is 258 Å². The summed E-state index contributed by atoms with van der Waals surface area (Å²) in [5.74, 6) is 0.758. The second kappa shape index (κ2) is 14.4. The lowest BCUT2D eigenvalue weighted by molar-refractivity contribution is -0.141. The van der Waals surface area contributed by atoms with Crippen molar-refractivity contribution in [2.45, 2.75) is 49.7 Å². The van der Waals surface area contributed by atoms with Crippen molar-refractivity contribution in [1.82, 2.24) is 14.5 Å². The van der Waals surface area contributed by atoms with Gasteiger partial charge in [0.15, 0.2) is 0 Å². The van der Waals surface area contributed by atoms with E-state index in [1.54, 1.807) is 54.7 Å². The van der Waals surface area contributed by atoms with Gasteiger partial charge >= 0.3 is 0 Å². The fourth-order valence-corrected chi connectivity index (χ4v) is 6.86. The van der Waals surface area contributed by atoms with Gasteiger partial charge in [-0.25, -0.2) is 8.42 Å². The lowest BCUT2D eigenvalue weighted by Crippen LogP contribution is -2.43. The molecule has 3 aromatic carbocycles. The molecule has 1 atom stereocenters. The highest BCUT2D eigenvalue weighted by molar-refractivity contribution is 7.89. The average Bonchev–Trinajstić information content (AvgIpc) is 3.79. The molecule has 0 aliphatic carbocycles. The summed E-state index contributed by atoms with van der Waals surface area (Å²) in [5.41, 5.74) is 2.36. The molecular weight excluding hydrogens is 578 g/mol. The molecule has 0 bridgehead atoms. The zero-order valence-electron chi connectivity index (χ0n) is 24.7. The third-order valence-corrected chi connectivity index (χ3v) is 9.69. The van der Waals surface area contributed by atoms with Gasteiger partial charge in [0.05, 0.1) is 24.8 Å². The number of rotatable bonds is 13. The molecule has 4 aromatic rings. The fraction of sp³-hybridized carbons (Fsp3) is 0.294. The van der Waals surface area contributed by atoms with Gasteiger partial charge in [0.2, 0.25) is 21.8 Å². The predicted octanol–water partition coefficient (Wildman–Crippen LogP) is 5.09. The van der Waals surface area contributed by atoms with Crippen molar-refractivity contribution in [2.24, 2.45) is 0 Å². The van der Waals surface area contributed by atoms with Crippen LogP contribution in [0.25, 0.3) is 0 Å². The third kappa shape index (κ3) is 7.56. The number of amides is 2. The molecule has 1 aliphatic rings. The molecule has 1 N–H and O–H groups in total. The lowest BCUT2D eigenvalue weighted by Gasteiger charge is -2.32. The van der Waals surface area contributed by atoms with Gasteiger partial charge in [-0.3, -0.25) is 9.59 Å². The molecule has 1 aliphatic heterocycles. The van der Waals surface area contributed by atoms with Crippen molar-refractivity contribution in [3.8, 4) is 5.75 Å².